The molecule has 0 bridgehead atoms. The van der Waals surface area contributed by atoms with Gasteiger partial charge in [0.15, 0.2) is 9.84 Å². The normalized spacial score (nSPS) is 24.9. The second-order valence-corrected chi connectivity index (χ2v) is 6.67. The number of ether oxygens (including phenoxy) is 1. The number of nitrogens with zero attached hydrogens (tertiary/aromatic N) is 1. The molecule has 1 saturated heterocycles. The monoisotopic (exact) mass is 264 g/mol. The van der Waals surface area contributed by atoms with Crippen LogP contribution in [0.3, 0.4) is 0 Å². The maximum Gasteiger partial charge on any atom is 0.153 e. The molecule has 17 heavy (non-hydrogen) atoms. The Morgan fingerprint density at radius 3 is 2.82 bits per heavy atom. The highest BCUT2D eigenvalue weighted by molar-refractivity contribution is 7.91. The molecule has 1 N–H and O–H groups in total. The van der Waals surface area contributed by atoms with E-state index >= 15 is 0 Å². The van der Waals surface area contributed by atoms with Gasteiger partial charge in [0.2, 0.25) is 0 Å². The molecule has 1 aliphatic heterocycles. The van der Waals surface area contributed by atoms with Gasteiger partial charge in [0.05, 0.1) is 18.1 Å². The van der Waals surface area contributed by atoms with E-state index in [2.05, 4.69) is 10.2 Å². The van der Waals surface area contributed by atoms with Gasteiger partial charge < -0.3 is 10.1 Å². The van der Waals surface area contributed by atoms with Crippen molar-refractivity contribution in [3.05, 3.63) is 0 Å². The standard InChI is InChI=1S/C11H24N2O3S/c1-3-16-8-5-12-4-6-13-7-9-17(14,15)10-11(13)2/h11-12H,3-10H2,1-2H3. The van der Waals surface area contributed by atoms with Crippen molar-refractivity contribution < 1.29 is 13.2 Å². The summed E-state index contributed by atoms with van der Waals surface area (Å²) in [6.07, 6.45) is 0. The maximum atomic E-state index is 11.4. The van der Waals surface area contributed by atoms with Crippen molar-refractivity contribution in [1.29, 1.82) is 0 Å². The summed E-state index contributed by atoms with van der Waals surface area (Å²) in [7, 11) is -2.79. The lowest BCUT2D eigenvalue weighted by molar-refractivity contribution is 0.147. The molecule has 0 aromatic heterocycles. The molecular weight excluding hydrogens is 240 g/mol. The highest BCUT2D eigenvalue weighted by Crippen LogP contribution is 2.10. The third-order valence-electron chi connectivity index (χ3n) is 3.01. The molecule has 0 radical (unpaired) electrons. The third-order valence-corrected chi connectivity index (χ3v) is 4.81. The third kappa shape index (κ3) is 5.81. The van der Waals surface area contributed by atoms with E-state index < -0.39 is 9.84 Å². The lowest BCUT2D eigenvalue weighted by Gasteiger charge is -2.33. The van der Waals surface area contributed by atoms with Gasteiger partial charge in [0.1, 0.15) is 0 Å². The first-order chi connectivity index (χ1) is 8.05. The molecule has 1 atom stereocenters. The topological polar surface area (TPSA) is 58.6 Å². The van der Waals surface area contributed by atoms with Crippen LogP contribution in [0.15, 0.2) is 0 Å². The minimum atomic E-state index is -2.79. The average molecular weight is 264 g/mol. The molecule has 1 rings (SSSR count). The number of rotatable bonds is 7. The Labute approximate surface area is 104 Å². The van der Waals surface area contributed by atoms with E-state index in [1.165, 1.54) is 0 Å². The molecule has 0 amide bonds. The van der Waals surface area contributed by atoms with Crippen molar-refractivity contribution in [1.82, 2.24) is 10.2 Å². The zero-order valence-electron chi connectivity index (χ0n) is 10.8. The second-order valence-electron chi connectivity index (χ2n) is 4.45. The van der Waals surface area contributed by atoms with Crippen molar-refractivity contribution in [2.45, 2.75) is 19.9 Å². The van der Waals surface area contributed by atoms with E-state index in [0.717, 1.165) is 32.8 Å². The van der Waals surface area contributed by atoms with Crippen LogP contribution in [0, 0.1) is 0 Å². The predicted octanol–water partition coefficient (Wildman–Crippen LogP) is -0.269. The number of hydrogen-bond acceptors (Lipinski definition) is 5. The van der Waals surface area contributed by atoms with Crippen LogP contribution in [0.1, 0.15) is 13.8 Å². The zero-order chi connectivity index (χ0) is 12.7. The summed E-state index contributed by atoms with van der Waals surface area (Å²) in [6.45, 7) is 8.77. The van der Waals surface area contributed by atoms with E-state index in [9.17, 15) is 8.42 Å². The van der Waals surface area contributed by atoms with Crippen molar-refractivity contribution in [3.8, 4) is 0 Å². The van der Waals surface area contributed by atoms with Crippen molar-refractivity contribution in [3.63, 3.8) is 0 Å². The first-order valence-electron chi connectivity index (χ1n) is 6.28. The molecule has 0 spiro atoms. The number of nitrogens with one attached hydrogen (secondary N) is 1. The van der Waals surface area contributed by atoms with Gasteiger partial charge >= 0.3 is 0 Å². The number of sulfone groups is 1. The molecule has 0 aromatic carbocycles. The molecular formula is C11H24N2O3S. The summed E-state index contributed by atoms with van der Waals surface area (Å²) in [5.41, 5.74) is 0. The van der Waals surface area contributed by atoms with Crippen LogP contribution < -0.4 is 5.32 Å². The van der Waals surface area contributed by atoms with E-state index in [1.54, 1.807) is 0 Å². The molecule has 1 unspecified atom stereocenters. The van der Waals surface area contributed by atoms with Gasteiger partial charge in [-0.25, -0.2) is 8.42 Å². The maximum absolute atomic E-state index is 11.4. The Hall–Kier alpha value is -0.170. The fraction of sp³-hybridized carbons (Fsp3) is 1.00. The van der Waals surface area contributed by atoms with Gasteiger partial charge in [-0.2, -0.15) is 0 Å². The van der Waals surface area contributed by atoms with Gasteiger partial charge in [0, 0.05) is 38.8 Å². The first kappa shape index (κ1) is 14.9. The van der Waals surface area contributed by atoms with E-state index in [0.29, 0.717) is 18.1 Å². The Bertz CT molecular complexity index is 306. The lowest BCUT2D eigenvalue weighted by atomic mass is 10.3. The Morgan fingerprint density at radius 2 is 2.18 bits per heavy atom. The van der Waals surface area contributed by atoms with E-state index in [4.69, 9.17) is 4.74 Å². The van der Waals surface area contributed by atoms with Crippen LogP contribution in [0.2, 0.25) is 0 Å². The van der Waals surface area contributed by atoms with Gasteiger partial charge in [0.25, 0.3) is 0 Å². The van der Waals surface area contributed by atoms with Crippen LogP contribution in [-0.2, 0) is 14.6 Å². The van der Waals surface area contributed by atoms with Crippen LogP contribution in [0.4, 0.5) is 0 Å². The van der Waals surface area contributed by atoms with Gasteiger partial charge in [-0.05, 0) is 13.8 Å². The van der Waals surface area contributed by atoms with Crippen molar-refractivity contribution in [2.24, 2.45) is 0 Å². The smallest absolute Gasteiger partial charge is 0.153 e. The van der Waals surface area contributed by atoms with Gasteiger partial charge in [-0.1, -0.05) is 0 Å². The van der Waals surface area contributed by atoms with Gasteiger partial charge in [-0.3, -0.25) is 4.90 Å². The second kappa shape index (κ2) is 7.31. The molecule has 6 heteroatoms. The molecule has 0 aromatic rings. The van der Waals surface area contributed by atoms with E-state index in [1.807, 2.05) is 13.8 Å². The van der Waals surface area contributed by atoms with Crippen molar-refractivity contribution in [2.75, 3.05) is 50.9 Å². The summed E-state index contributed by atoms with van der Waals surface area (Å²) in [6, 6.07) is 0.141. The molecule has 5 nitrogen and oxygen atoms in total. The molecule has 1 heterocycles. The Kier molecular flexibility index (Phi) is 6.40. The van der Waals surface area contributed by atoms with Crippen LogP contribution >= 0.6 is 0 Å². The summed E-state index contributed by atoms with van der Waals surface area (Å²) >= 11 is 0. The molecule has 0 saturated carbocycles. The summed E-state index contributed by atoms with van der Waals surface area (Å²) in [5.74, 6) is 0.599. The molecule has 1 fully saturated rings. The summed E-state index contributed by atoms with van der Waals surface area (Å²) in [5, 5.41) is 3.29. The fourth-order valence-electron chi connectivity index (χ4n) is 2.00. The molecule has 102 valence electrons. The van der Waals surface area contributed by atoms with Gasteiger partial charge in [-0.15, -0.1) is 0 Å². The van der Waals surface area contributed by atoms with Crippen LogP contribution in [0.25, 0.3) is 0 Å². The SMILES string of the molecule is CCOCCNCCN1CCS(=O)(=O)CC1C. The Morgan fingerprint density at radius 1 is 1.41 bits per heavy atom. The fourth-order valence-corrected chi connectivity index (χ4v) is 3.63. The zero-order valence-corrected chi connectivity index (χ0v) is 11.6. The highest BCUT2D eigenvalue weighted by atomic mass is 32.2. The van der Waals surface area contributed by atoms with Crippen LogP contribution in [0.5, 0.6) is 0 Å². The summed E-state index contributed by atoms with van der Waals surface area (Å²) < 4.78 is 28.0. The predicted molar refractivity (Wildman–Crippen MR) is 69.1 cm³/mol. The quantitative estimate of drug-likeness (QED) is 0.642. The Balaban J connectivity index is 2.12. The largest absolute Gasteiger partial charge is 0.380 e. The lowest BCUT2D eigenvalue weighted by Crippen LogP contribution is -2.49. The average Bonchev–Trinajstić information content (AvgIpc) is 2.25. The highest BCUT2D eigenvalue weighted by Gasteiger charge is 2.27. The van der Waals surface area contributed by atoms with Crippen molar-refractivity contribution >= 4 is 9.84 Å². The minimum absolute atomic E-state index is 0.141. The van der Waals surface area contributed by atoms with Crippen LogP contribution in [-0.4, -0.2) is 70.3 Å². The summed E-state index contributed by atoms with van der Waals surface area (Å²) in [4.78, 5) is 2.23. The molecule has 0 aliphatic carbocycles. The molecule has 1 aliphatic rings. The minimum Gasteiger partial charge on any atom is -0.380 e. The number of hydrogen-bond donors (Lipinski definition) is 1. The first-order valence-corrected chi connectivity index (χ1v) is 8.10. The van der Waals surface area contributed by atoms with E-state index in [-0.39, 0.29) is 6.04 Å².